The Morgan fingerprint density at radius 1 is 1.50 bits per heavy atom. The third-order valence-electron chi connectivity index (χ3n) is 2.51. The molecule has 0 spiro atoms. The lowest BCUT2D eigenvalue weighted by atomic mass is 9.87. The Labute approximate surface area is 85.4 Å². The number of carbonyl (C=O) groups is 1. The number of amides is 1. The van der Waals surface area contributed by atoms with Crippen molar-refractivity contribution in [3.05, 3.63) is 0 Å². The van der Waals surface area contributed by atoms with Crippen LogP contribution < -0.4 is 11.1 Å². The molecule has 0 aromatic carbocycles. The molecule has 0 heterocycles. The van der Waals surface area contributed by atoms with Crippen LogP contribution in [0.2, 0.25) is 0 Å². The van der Waals surface area contributed by atoms with E-state index in [1.54, 1.807) is 0 Å². The molecule has 3 heteroatoms. The van der Waals surface area contributed by atoms with Crippen LogP contribution in [0.3, 0.4) is 0 Å². The van der Waals surface area contributed by atoms with Gasteiger partial charge in [0.25, 0.3) is 0 Å². The maximum absolute atomic E-state index is 11.3. The summed E-state index contributed by atoms with van der Waals surface area (Å²) >= 11 is 0. The molecule has 3 nitrogen and oxygen atoms in total. The molecule has 3 N–H and O–H groups in total. The molecule has 78 valence electrons. The van der Waals surface area contributed by atoms with Crippen LogP contribution in [0.1, 0.15) is 38.5 Å². The van der Waals surface area contributed by atoms with Gasteiger partial charge in [-0.05, 0) is 25.7 Å². The molecule has 14 heavy (non-hydrogen) atoms. The molecular weight excluding hydrogens is 176 g/mol. The average Bonchev–Trinajstić information content (AvgIpc) is 2.10. The molecule has 0 aromatic heterocycles. The molecule has 1 saturated carbocycles. The highest BCUT2D eigenvalue weighted by Crippen LogP contribution is 2.17. The fraction of sp³-hybridized carbons (Fsp3) is 0.727. The van der Waals surface area contributed by atoms with Crippen LogP contribution in [0.15, 0.2) is 0 Å². The van der Waals surface area contributed by atoms with Crippen LogP contribution in [0.25, 0.3) is 0 Å². The Bertz CT molecular complexity index is 226. The Morgan fingerprint density at radius 3 is 2.79 bits per heavy atom. The number of hydrogen-bond donors (Lipinski definition) is 2. The Hall–Kier alpha value is -1.01. The third-order valence-corrected chi connectivity index (χ3v) is 2.51. The molecule has 1 amide bonds. The number of nitrogens with two attached hydrogens (primary N) is 1. The Kier molecular flexibility index (Phi) is 4.48. The van der Waals surface area contributed by atoms with Gasteiger partial charge in [-0.1, -0.05) is 0 Å². The molecular formula is C11H18N2O. The highest BCUT2D eigenvalue weighted by atomic mass is 16.1. The molecule has 0 atom stereocenters. The van der Waals surface area contributed by atoms with Gasteiger partial charge in [0.05, 0.1) is 0 Å². The summed E-state index contributed by atoms with van der Waals surface area (Å²) in [5.74, 6) is 2.70. The number of carbonyl (C=O) groups excluding carboxylic acids is 1. The summed E-state index contributed by atoms with van der Waals surface area (Å²) in [4.78, 5) is 11.3. The number of rotatable bonds is 5. The molecule has 0 saturated heterocycles. The van der Waals surface area contributed by atoms with Gasteiger partial charge in [-0.2, -0.15) is 0 Å². The number of hydrogen-bond acceptors (Lipinski definition) is 2. The number of nitrogens with one attached hydrogen (secondary N) is 1. The van der Waals surface area contributed by atoms with Crippen molar-refractivity contribution < 1.29 is 4.79 Å². The summed E-state index contributed by atoms with van der Waals surface area (Å²) < 4.78 is 0. The van der Waals surface area contributed by atoms with E-state index in [9.17, 15) is 4.79 Å². The van der Waals surface area contributed by atoms with Gasteiger partial charge >= 0.3 is 0 Å². The van der Waals surface area contributed by atoms with E-state index in [1.165, 1.54) is 0 Å². The van der Waals surface area contributed by atoms with Crippen molar-refractivity contribution >= 4 is 5.91 Å². The second-order valence-electron chi connectivity index (χ2n) is 3.91. The summed E-state index contributed by atoms with van der Waals surface area (Å²) in [5, 5.41) is 2.95. The van der Waals surface area contributed by atoms with Crippen LogP contribution in [0, 0.1) is 12.3 Å². The monoisotopic (exact) mass is 194 g/mol. The van der Waals surface area contributed by atoms with Crippen molar-refractivity contribution in [2.75, 3.05) is 0 Å². The molecule has 0 aliphatic heterocycles. The van der Waals surface area contributed by atoms with Gasteiger partial charge in [0.15, 0.2) is 0 Å². The first-order valence-electron chi connectivity index (χ1n) is 5.20. The first-order valence-corrected chi connectivity index (χ1v) is 5.20. The van der Waals surface area contributed by atoms with Crippen molar-refractivity contribution in [1.82, 2.24) is 5.32 Å². The second-order valence-corrected chi connectivity index (χ2v) is 3.91. The molecule has 1 rings (SSSR count). The average molecular weight is 194 g/mol. The zero-order chi connectivity index (χ0) is 10.4. The van der Waals surface area contributed by atoms with Crippen molar-refractivity contribution in [2.45, 2.75) is 50.6 Å². The first kappa shape index (κ1) is 11.1. The lowest BCUT2D eigenvalue weighted by Crippen LogP contribution is -2.50. The molecule has 0 bridgehead atoms. The van der Waals surface area contributed by atoms with Crippen LogP contribution >= 0.6 is 0 Å². The zero-order valence-corrected chi connectivity index (χ0v) is 8.46. The summed E-state index contributed by atoms with van der Waals surface area (Å²) in [5.41, 5.74) is 5.61. The zero-order valence-electron chi connectivity index (χ0n) is 8.46. The lowest BCUT2D eigenvalue weighted by Gasteiger charge is -2.32. The van der Waals surface area contributed by atoms with E-state index in [0.717, 1.165) is 32.1 Å². The maximum atomic E-state index is 11.3. The highest BCUT2D eigenvalue weighted by Gasteiger charge is 2.26. The Morgan fingerprint density at radius 2 is 2.21 bits per heavy atom. The van der Waals surface area contributed by atoms with Gasteiger partial charge in [-0.25, -0.2) is 0 Å². The minimum Gasteiger partial charge on any atom is -0.353 e. The molecule has 1 aliphatic rings. The van der Waals surface area contributed by atoms with Gasteiger partial charge < -0.3 is 11.1 Å². The van der Waals surface area contributed by atoms with Gasteiger partial charge in [0.2, 0.25) is 5.91 Å². The van der Waals surface area contributed by atoms with Crippen LogP contribution in [0.4, 0.5) is 0 Å². The Balaban J connectivity index is 1.97. The predicted octanol–water partition coefficient (Wildman–Crippen LogP) is 0.786. The summed E-state index contributed by atoms with van der Waals surface area (Å²) in [6.45, 7) is 0. The van der Waals surface area contributed by atoms with E-state index in [0.29, 0.717) is 18.5 Å². The lowest BCUT2D eigenvalue weighted by molar-refractivity contribution is -0.122. The standard InChI is InChI=1S/C11H18N2O/c1-2-3-4-5-6-11(14)13-10-7-9(12)8-10/h1,9-10H,3-8,12H2,(H,13,14). The number of terminal acetylenes is 1. The minimum absolute atomic E-state index is 0.138. The largest absolute Gasteiger partial charge is 0.353 e. The van der Waals surface area contributed by atoms with E-state index in [1.807, 2.05) is 0 Å². The fourth-order valence-electron chi connectivity index (χ4n) is 1.59. The highest BCUT2D eigenvalue weighted by molar-refractivity contribution is 5.76. The van der Waals surface area contributed by atoms with Gasteiger partial charge in [-0.3, -0.25) is 4.79 Å². The normalized spacial score (nSPS) is 24.9. The van der Waals surface area contributed by atoms with E-state index < -0.39 is 0 Å². The smallest absolute Gasteiger partial charge is 0.220 e. The molecule has 1 aliphatic carbocycles. The van der Waals surface area contributed by atoms with Gasteiger partial charge in [0.1, 0.15) is 0 Å². The fourth-order valence-corrected chi connectivity index (χ4v) is 1.59. The van der Waals surface area contributed by atoms with Gasteiger partial charge in [-0.15, -0.1) is 12.3 Å². The van der Waals surface area contributed by atoms with Crippen LogP contribution in [0.5, 0.6) is 0 Å². The summed E-state index contributed by atoms with van der Waals surface area (Å²) in [7, 11) is 0. The van der Waals surface area contributed by atoms with E-state index in [2.05, 4.69) is 11.2 Å². The topological polar surface area (TPSA) is 55.1 Å². The van der Waals surface area contributed by atoms with Crippen molar-refractivity contribution in [3.63, 3.8) is 0 Å². The van der Waals surface area contributed by atoms with Crippen LogP contribution in [-0.4, -0.2) is 18.0 Å². The number of unbranched alkanes of at least 4 members (excludes halogenated alkanes) is 2. The predicted molar refractivity (Wildman–Crippen MR) is 56.4 cm³/mol. The molecule has 0 aromatic rings. The summed E-state index contributed by atoms with van der Waals surface area (Å²) in [6.07, 6.45) is 10.1. The van der Waals surface area contributed by atoms with E-state index >= 15 is 0 Å². The quantitative estimate of drug-likeness (QED) is 0.502. The van der Waals surface area contributed by atoms with Crippen molar-refractivity contribution in [2.24, 2.45) is 5.73 Å². The van der Waals surface area contributed by atoms with E-state index in [4.69, 9.17) is 12.2 Å². The van der Waals surface area contributed by atoms with E-state index in [-0.39, 0.29) is 5.91 Å². The summed E-state index contributed by atoms with van der Waals surface area (Å²) in [6, 6.07) is 0.617. The van der Waals surface area contributed by atoms with Crippen LogP contribution in [-0.2, 0) is 4.79 Å². The molecule has 0 radical (unpaired) electrons. The SMILES string of the molecule is C#CCCCCC(=O)NC1CC(N)C1. The first-order chi connectivity index (χ1) is 6.72. The molecule has 1 fully saturated rings. The third kappa shape index (κ3) is 3.80. The van der Waals surface area contributed by atoms with Crippen molar-refractivity contribution in [3.8, 4) is 12.3 Å². The minimum atomic E-state index is 0.138. The second kappa shape index (κ2) is 5.66. The maximum Gasteiger partial charge on any atom is 0.220 e. The van der Waals surface area contributed by atoms with Gasteiger partial charge in [0, 0.05) is 24.9 Å². The van der Waals surface area contributed by atoms with Crippen molar-refractivity contribution in [1.29, 1.82) is 0 Å². The molecule has 0 unspecified atom stereocenters.